The van der Waals surface area contributed by atoms with Crippen molar-refractivity contribution in [1.29, 1.82) is 0 Å². The van der Waals surface area contributed by atoms with Crippen molar-refractivity contribution >= 4 is 0 Å². The summed E-state index contributed by atoms with van der Waals surface area (Å²) in [6, 6.07) is 2.79. The third-order valence-corrected chi connectivity index (χ3v) is 3.91. The Hall–Kier alpha value is -0.930. The highest BCUT2D eigenvalue weighted by molar-refractivity contribution is 5.21. The average molecular weight is 247 g/mol. The molecule has 0 aromatic carbocycles. The van der Waals surface area contributed by atoms with Crippen molar-refractivity contribution in [3.63, 3.8) is 0 Å². The van der Waals surface area contributed by atoms with E-state index in [9.17, 15) is 0 Å². The number of hydrogen-bond acceptors (Lipinski definition) is 3. The summed E-state index contributed by atoms with van der Waals surface area (Å²) < 4.78 is 0. The van der Waals surface area contributed by atoms with Crippen LogP contribution in [0.15, 0.2) is 18.5 Å². The van der Waals surface area contributed by atoms with Gasteiger partial charge in [0.1, 0.15) is 0 Å². The summed E-state index contributed by atoms with van der Waals surface area (Å²) in [4.78, 5) is 6.78. The molecule has 0 bridgehead atoms. The van der Waals surface area contributed by atoms with Gasteiger partial charge in [-0.05, 0) is 44.4 Å². The van der Waals surface area contributed by atoms with E-state index in [2.05, 4.69) is 49.0 Å². The quantitative estimate of drug-likeness (QED) is 0.888. The lowest BCUT2D eigenvalue weighted by atomic mass is 9.96. The topological polar surface area (TPSA) is 28.2 Å². The minimum atomic E-state index is 0.215. The van der Waals surface area contributed by atoms with Crippen molar-refractivity contribution in [2.24, 2.45) is 0 Å². The molecular formula is C15H25N3. The molecule has 3 nitrogen and oxygen atoms in total. The van der Waals surface area contributed by atoms with Crippen molar-refractivity contribution in [3.05, 3.63) is 29.6 Å². The number of hydrogen-bond donors (Lipinski definition) is 1. The molecule has 0 radical (unpaired) electrons. The van der Waals surface area contributed by atoms with E-state index in [4.69, 9.17) is 0 Å². The third-order valence-electron chi connectivity index (χ3n) is 3.91. The van der Waals surface area contributed by atoms with Crippen molar-refractivity contribution in [1.82, 2.24) is 15.2 Å². The van der Waals surface area contributed by atoms with Crippen LogP contribution in [-0.2, 0) is 6.54 Å². The van der Waals surface area contributed by atoms with Crippen LogP contribution in [0, 0.1) is 6.92 Å². The minimum Gasteiger partial charge on any atom is -0.309 e. The first kappa shape index (κ1) is 13.5. The Kier molecular flexibility index (Phi) is 4.03. The highest BCUT2D eigenvalue weighted by Gasteiger charge is 2.31. The molecule has 0 spiro atoms. The lowest BCUT2D eigenvalue weighted by molar-refractivity contribution is 0.0856. The Morgan fingerprint density at radius 3 is 2.94 bits per heavy atom. The van der Waals surface area contributed by atoms with E-state index in [1.165, 1.54) is 17.5 Å². The first-order valence-corrected chi connectivity index (χ1v) is 6.90. The zero-order valence-electron chi connectivity index (χ0n) is 12.0. The SMILES string of the molecule is CCC1CNC(C)(C)CN1Cc1ccncc1C. The fourth-order valence-electron chi connectivity index (χ4n) is 2.70. The molecule has 2 rings (SSSR count). The van der Waals surface area contributed by atoms with E-state index in [0.29, 0.717) is 6.04 Å². The predicted octanol–water partition coefficient (Wildman–Crippen LogP) is 2.35. The van der Waals surface area contributed by atoms with Gasteiger partial charge in [-0.2, -0.15) is 0 Å². The smallest absolute Gasteiger partial charge is 0.0300 e. The summed E-state index contributed by atoms with van der Waals surface area (Å²) in [6.45, 7) is 12.2. The van der Waals surface area contributed by atoms with Gasteiger partial charge in [-0.1, -0.05) is 6.92 Å². The fourth-order valence-corrected chi connectivity index (χ4v) is 2.70. The standard InChI is InChI=1S/C15H25N3/c1-5-14-9-17-15(3,4)11-18(14)10-13-6-7-16-8-12(13)2/h6-8,14,17H,5,9-11H2,1-4H3. The van der Waals surface area contributed by atoms with Gasteiger partial charge in [0, 0.05) is 43.6 Å². The molecule has 0 amide bonds. The van der Waals surface area contributed by atoms with Crippen LogP contribution < -0.4 is 5.32 Å². The molecule has 18 heavy (non-hydrogen) atoms. The number of aryl methyl sites for hydroxylation is 1. The Bertz CT molecular complexity index is 400. The second-order valence-electron chi connectivity index (χ2n) is 6.03. The third kappa shape index (κ3) is 3.09. The van der Waals surface area contributed by atoms with Gasteiger partial charge < -0.3 is 5.32 Å². The molecule has 1 unspecified atom stereocenters. The van der Waals surface area contributed by atoms with Crippen molar-refractivity contribution in [3.8, 4) is 0 Å². The fraction of sp³-hybridized carbons (Fsp3) is 0.667. The zero-order valence-corrected chi connectivity index (χ0v) is 12.0. The van der Waals surface area contributed by atoms with Crippen LogP contribution in [0.2, 0.25) is 0 Å². The van der Waals surface area contributed by atoms with Crippen LogP contribution in [0.25, 0.3) is 0 Å². The van der Waals surface area contributed by atoms with Gasteiger partial charge in [-0.3, -0.25) is 9.88 Å². The van der Waals surface area contributed by atoms with E-state index in [1.54, 1.807) is 0 Å². The summed E-state index contributed by atoms with van der Waals surface area (Å²) in [5, 5.41) is 3.64. The first-order chi connectivity index (χ1) is 8.52. The molecule has 1 aromatic heterocycles. The van der Waals surface area contributed by atoms with Crippen LogP contribution >= 0.6 is 0 Å². The van der Waals surface area contributed by atoms with Crippen LogP contribution in [0.4, 0.5) is 0 Å². The normalized spacial score (nSPS) is 24.1. The second-order valence-corrected chi connectivity index (χ2v) is 6.03. The molecule has 0 saturated carbocycles. The number of pyridine rings is 1. The van der Waals surface area contributed by atoms with E-state index in [-0.39, 0.29) is 5.54 Å². The first-order valence-electron chi connectivity index (χ1n) is 6.90. The van der Waals surface area contributed by atoms with Gasteiger partial charge in [0.25, 0.3) is 0 Å². The average Bonchev–Trinajstić information content (AvgIpc) is 2.31. The monoisotopic (exact) mass is 247 g/mol. The zero-order chi connectivity index (χ0) is 13.2. The minimum absolute atomic E-state index is 0.215. The second kappa shape index (κ2) is 5.37. The lowest BCUT2D eigenvalue weighted by Crippen LogP contribution is -2.61. The Morgan fingerprint density at radius 2 is 2.28 bits per heavy atom. The molecule has 1 N–H and O–H groups in total. The molecule has 0 aliphatic carbocycles. The van der Waals surface area contributed by atoms with Gasteiger partial charge in [0.2, 0.25) is 0 Å². The maximum atomic E-state index is 4.17. The van der Waals surface area contributed by atoms with E-state index in [0.717, 1.165) is 19.6 Å². The van der Waals surface area contributed by atoms with E-state index in [1.807, 2.05) is 12.4 Å². The molecule has 1 atom stereocenters. The van der Waals surface area contributed by atoms with Gasteiger partial charge in [-0.25, -0.2) is 0 Å². The van der Waals surface area contributed by atoms with Gasteiger partial charge in [-0.15, -0.1) is 0 Å². The molecule has 1 aromatic rings. The van der Waals surface area contributed by atoms with Gasteiger partial charge in [0.15, 0.2) is 0 Å². The molecule has 1 aliphatic heterocycles. The van der Waals surface area contributed by atoms with Gasteiger partial charge in [0.05, 0.1) is 0 Å². The highest BCUT2D eigenvalue weighted by atomic mass is 15.2. The molecule has 3 heteroatoms. The van der Waals surface area contributed by atoms with E-state index >= 15 is 0 Å². The van der Waals surface area contributed by atoms with Crippen molar-refractivity contribution < 1.29 is 0 Å². The maximum absolute atomic E-state index is 4.17. The molecule has 1 aliphatic rings. The van der Waals surface area contributed by atoms with Crippen molar-refractivity contribution in [2.75, 3.05) is 13.1 Å². The molecule has 1 saturated heterocycles. The summed E-state index contributed by atoms with van der Waals surface area (Å²) in [5.74, 6) is 0. The van der Waals surface area contributed by atoms with Gasteiger partial charge >= 0.3 is 0 Å². The Morgan fingerprint density at radius 1 is 1.50 bits per heavy atom. The largest absolute Gasteiger partial charge is 0.309 e. The molecule has 100 valence electrons. The molecule has 2 heterocycles. The number of piperazine rings is 1. The number of aromatic nitrogens is 1. The Balaban J connectivity index is 2.12. The van der Waals surface area contributed by atoms with Crippen LogP contribution in [-0.4, -0.2) is 34.6 Å². The summed E-state index contributed by atoms with van der Waals surface area (Å²) in [6.07, 6.45) is 5.06. The summed E-state index contributed by atoms with van der Waals surface area (Å²) >= 11 is 0. The summed E-state index contributed by atoms with van der Waals surface area (Å²) in [7, 11) is 0. The molecular weight excluding hydrogens is 222 g/mol. The lowest BCUT2D eigenvalue weighted by Gasteiger charge is -2.44. The highest BCUT2D eigenvalue weighted by Crippen LogP contribution is 2.20. The molecule has 1 fully saturated rings. The van der Waals surface area contributed by atoms with Crippen LogP contribution in [0.1, 0.15) is 38.3 Å². The number of nitrogens with one attached hydrogen (secondary N) is 1. The number of rotatable bonds is 3. The van der Waals surface area contributed by atoms with Crippen LogP contribution in [0.3, 0.4) is 0 Å². The maximum Gasteiger partial charge on any atom is 0.0300 e. The Labute approximate surface area is 111 Å². The number of nitrogens with zero attached hydrogens (tertiary/aromatic N) is 2. The summed E-state index contributed by atoms with van der Waals surface area (Å²) in [5.41, 5.74) is 2.91. The van der Waals surface area contributed by atoms with Crippen LogP contribution in [0.5, 0.6) is 0 Å². The predicted molar refractivity (Wildman–Crippen MR) is 75.5 cm³/mol. The van der Waals surface area contributed by atoms with Crippen molar-refractivity contribution in [2.45, 2.75) is 52.2 Å². The van der Waals surface area contributed by atoms with E-state index < -0.39 is 0 Å².